The zero-order valence-electron chi connectivity index (χ0n) is 12.3. The highest BCUT2D eigenvalue weighted by Gasteiger charge is 2.14. The fourth-order valence-electron chi connectivity index (χ4n) is 2.13. The number of Topliss-reactive ketones (excluding diaryl/α,β-unsaturated/α-hetero) is 1. The molecule has 2 rings (SSSR count). The van der Waals surface area contributed by atoms with Gasteiger partial charge >= 0.3 is 5.97 Å². The number of carbonyl (C=O) groups is 2. The summed E-state index contributed by atoms with van der Waals surface area (Å²) in [5.74, 6) is -1.48. The van der Waals surface area contributed by atoms with Gasteiger partial charge in [0.2, 0.25) is 0 Å². The second kappa shape index (κ2) is 7.50. The Bertz CT molecular complexity index is 665. The van der Waals surface area contributed by atoms with Crippen LogP contribution in [0.5, 0.6) is 0 Å². The van der Waals surface area contributed by atoms with Gasteiger partial charge in [0.1, 0.15) is 12.2 Å². The number of ether oxygens (including phenoxy) is 1. The topological polar surface area (TPSA) is 43.4 Å². The van der Waals surface area contributed by atoms with Gasteiger partial charge in [-0.2, -0.15) is 0 Å². The van der Waals surface area contributed by atoms with Crippen molar-refractivity contribution in [3.8, 4) is 0 Å². The summed E-state index contributed by atoms with van der Waals surface area (Å²) in [5, 5.41) is 0. The van der Waals surface area contributed by atoms with Crippen molar-refractivity contribution >= 4 is 11.8 Å². The smallest absolute Gasteiger partial charge is 0.313 e. The highest BCUT2D eigenvalue weighted by Crippen LogP contribution is 2.16. The first-order valence-corrected chi connectivity index (χ1v) is 7.11. The molecule has 22 heavy (non-hydrogen) atoms. The predicted octanol–water partition coefficient (Wildman–Crippen LogP) is 3.55. The van der Waals surface area contributed by atoms with Crippen molar-refractivity contribution in [1.82, 2.24) is 0 Å². The number of benzene rings is 2. The van der Waals surface area contributed by atoms with Crippen LogP contribution < -0.4 is 0 Å². The molecule has 0 saturated carbocycles. The molecule has 3 nitrogen and oxygen atoms in total. The Hall–Kier alpha value is -2.49. The van der Waals surface area contributed by atoms with Gasteiger partial charge < -0.3 is 4.74 Å². The van der Waals surface area contributed by atoms with Crippen LogP contribution in [-0.2, 0) is 16.0 Å². The summed E-state index contributed by atoms with van der Waals surface area (Å²) in [6.45, 7) is 1.89. The Labute approximate surface area is 128 Å². The monoisotopic (exact) mass is 300 g/mol. The molecule has 2 aromatic carbocycles. The Morgan fingerprint density at radius 2 is 1.82 bits per heavy atom. The predicted molar refractivity (Wildman–Crippen MR) is 81.2 cm³/mol. The van der Waals surface area contributed by atoms with Gasteiger partial charge in [-0.1, -0.05) is 42.5 Å². The average molecular weight is 300 g/mol. The van der Waals surface area contributed by atoms with E-state index in [0.717, 1.165) is 5.56 Å². The second-order valence-electron chi connectivity index (χ2n) is 4.87. The molecule has 0 aliphatic carbocycles. The fourth-order valence-corrected chi connectivity index (χ4v) is 2.13. The molecular formula is C18H17FO3. The molecule has 0 heterocycles. The molecule has 0 fully saturated rings. The summed E-state index contributed by atoms with van der Waals surface area (Å²) in [6.07, 6.45) is 0.0876. The summed E-state index contributed by atoms with van der Waals surface area (Å²) in [6, 6.07) is 13.8. The van der Waals surface area contributed by atoms with E-state index in [4.69, 9.17) is 4.74 Å². The van der Waals surface area contributed by atoms with Crippen molar-refractivity contribution in [1.29, 1.82) is 0 Å². The number of halogens is 1. The van der Waals surface area contributed by atoms with E-state index >= 15 is 0 Å². The standard InChI is InChI=1S/C18H17FO3/c1-2-22-18(21)12-17(20)15-9-8-14(16(19)11-15)10-13-6-4-3-5-7-13/h3-9,11H,2,10,12H2,1H3. The lowest BCUT2D eigenvalue weighted by Crippen LogP contribution is -2.11. The van der Waals surface area contributed by atoms with E-state index in [0.29, 0.717) is 12.0 Å². The minimum atomic E-state index is -0.596. The Morgan fingerprint density at radius 3 is 2.45 bits per heavy atom. The van der Waals surface area contributed by atoms with Crippen LogP contribution in [0.2, 0.25) is 0 Å². The summed E-state index contributed by atoms with van der Waals surface area (Å²) in [7, 11) is 0. The lowest BCUT2D eigenvalue weighted by atomic mass is 10.0. The first-order chi connectivity index (χ1) is 10.6. The third kappa shape index (κ3) is 4.25. The van der Waals surface area contributed by atoms with Crippen LogP contribution in [0.3, 0.4) is 0 Å². The molecule has 0 N–H and O–H groups in total. The van der Waals surface area contributed by atoms with Crippen LogP contribution in [0.25, 0.3) is 0 Å². The zero-order valence-corrected chi connectivity index (χ0v) is 12.3. The van der Waals surface area contributed by atoms with Gasteiger partial charge in [-0.3, -0.25) is 9.59 Å². The summed E-state index contributed by atoms with van der Waals surface area (Å²) in [5.41, 5.74) is 1.69. The molecule has 114 valence electrons. The molecule has 0 amide bonds. The average Bonchev–Trinajstić information content (AvgIpc) is 2.50. The van der Waals surface area contributed by atoms with E-state index in [2.05, 4.69) is 0 Å². The summed E-state index contributed by atoms with van der Waals surface area (Å²) >= 11 is 0. The van der Waals surface area contributed by atoms with E-state index in [1.807, 2.05) is 30.3 Å². The molecule has 0 aromatic heterocycles. The third-order valence-corrected chi connectivity index (χ3v) is 3.22. The van der Waals surface area contributed by atoms with Gasteiger partial charge in [-0.25, -0.2) is 4.39 Å². The SMILES string of the molecule is CCOC(=O)CC(=O)c1ccc(Cc2ccccc2)c(F)c1. The van der Waals surface area contributed by atoms with Gasteiger partial charge in [0.05, 0.1) is 6.61 Å². The van der Waals surface area contributed by atoms with Crippen molar-refractivity contribution in [2.24, 2.45) is 0 Å². The van der Waals surface area contributed by atoms with E-state index in [1.54, 1.807) is 19.1 Å². The van der Waals surface area contributed by atoms with Crippen LogP contribution in [0.1, 0.15) is 34.8 Å². The van der Waals surface area contributed by atoms with Crippen LogP contribution >= 0.6 is 0 Å². The van der Waals surface area contributed by atoms with Crippen LogP contribution in [-0.4, -0.2) is 18.4 Å². The fraction of sp³-hybridized carbons (Fsp3) is 0.222. The molecule has 4 heteroatoms. The zero-order chi connectivity index (χ0) is 15.9. The maximum Gasteiger partial charge on any atom is 0.313 e. The Balaban J connectivity index is 2.09. The second-order valence-corrected chi connectivity index (χ2v) is 4.87. The largest absolute Gasteiger partial charge is 0.466 e. The normalized spacial score (nSPS) is 10.3. The third-order valence-electron chi connectivity index (χ3n) is 3.22. The molecular weight excluding hydrogens is 283 g/mol. The highest BCUT2D eigenvalue weighted by atomic mass is 19.1. The van der Waals surface area contributed by atoms with Gasteiger partial charge in [-0.15, -0.1) is 0 Å². The molecule has 0 aliphatic heterocycles. The van der Waals surface area contributed by atoms with Crippen molar-refractivity contribution in [2.75, 3.05) is 6.61 Å². The molecule has 0 unspecified atom stereocenters. The van der Waals surface area contributed by atoms with Crippen molar-refractivity contribution in [2.45, 2.75) is 19.8 Å². The van der Waals surface area contributed by atoms with Crippen molar-refractivity contribution < 1.29 is 18.7 Å². The number of carbonyl (C=O) groups excluding carboxylic acids is 2. The first kappa shape index (κ1) is 15.9. The van der Waals surface area contributed by atoms with E-state index in [-0.39, 0.29) is 18.6 Å². The maximum absolute atomic E-state index is 14.1. The molecule has 0 atom stereocenters. The number of esters is 1. The molecule has 0 aliphatic rings. The molecule has 0 bridgehead atoms. The lowest BCUT2D eigenvalue weighted by molar-refractivity contribution is -0.141. The minimum absolute atomic E-state index is 0.183. The van der Waals surface area contributed by atoms with Crippen LogP contribution in [0.15, 0.2) is 48.5 Å². The van der Waals surface area contributed by atoms with E-state index < -0.39 is 17.6 Å². The maximum atomic E-state index is 14.1. The van der Waals surface area contributed by atoms with Gasteiger partial charge in [0.25, 0.3) is 0 Å². The number of rotatable bonds is 6. The van der Waals surface area contributed by atoms with Crippen molar-refractivity contribution in [3.63, 3.8) is 0 Å². The van der Waals surface area contributed by atoms with Gasteiger partial charge in [0, 0.05) is 12.0 Å². The molecule has 0 radical (unpaired) electrons. The Morgan fingerprint density at radius 1 is 1.09 bits per heavy atom. The Kier molecular flexibility index (Phi) is 5.42. The summed E-state index contributed by atoms with van der Waals surface area (Å²) < 4.78 is 18.8. The summed E-state index contributed by atoms with van der Waals surface area (Å²) in [4.78, 5) is 23.2. The number of hydrogen-bond donors (Lipinski definition) is 0. The highest BCUT2D eigenvalue weighted by molar-refractivity contribution is 6.05. The van der Waals surface area contributed by atoms with Crippen LogP contribution in [0, 0.1) is 5.82 Å². The van der Waals surface area contributed by atoms with E-state index in [1.165, 1.54) is 6.07 Å². The van der Waals surface area contributed by atoms with E-state index in [9.17, 15) is 14.0 Å². The van der Waals surface area contributed by atoms with Gasteiger partial charge in [-0.05, 0) is 24.1 Å². The first-order valence-electron chi connectivity index (χ1n) is 7.11. The van der Waals surface area contributed by atoms with Crippen LogP contribution in [0.4, 0.5) is 4.39 Å². The lowest BCUT2D eigenvalue weighted by Gasteiger charge is -2.06. The number of ketones is 1. The number of hydrogen-bond acceptors (Lipinski definition) is 3. The van der Waals surface area contributed by atoms with Crippen molar-refractivity contribution in [3.05, 3.63) is 71.0 Å². The quantitative estimate of drug-likeness (QED) is 0.465. The molecule has 0 spiro atoms. The molecule has 0 saturated heterocycles. The minimum Gasteiger partial charge on any atom is -0.466 e. The van der Waals surface area contributed by atoms with Gasteiger partial charge in [0.15, 0.2) is 5.78 Å². The molecule has 2 aromatic rings.